The van der Waals surface area contributed by atoms with Crippen molar-refractivity contribution in [1.29, 1.82) is 0 Å². The first kappa shape index (κ1) is 12.3. The van der Waals surface area contributed by atoms with Crippen molar-refractivity contribution in [3.63, 3.8) is 0 Å². The topological polar surface area (TPSA) is 17.0 Å². The molecule has 2 rings (SSSR count). The minimum Gasteiger partial charge on any atom is -0.381 e. The number of terminal acetylenes is 1. The maximum Gasteiger partial charge on any atom is 0.0415 e. The summed E-state index contributed by atoms with van der Waals surface area (Å²) in [6, 6.07) is 10.1. The molecule has 18 heavy (non-hydrogen) atoms. The van der Waals surface area contributed by atoms with E-state index in [0.717, 1.165) is 30.8 Å². The molecule has 0 saturated heterocycles. The van der Waals surface area contributed by atoms with E-state index in [1.807, 2.05) is 24.3 Å². The lowest BCUT2D eigenvalue weighted by atomic mass is 10.2. The summed E-state index contributed by atoms with van der Waals surface area (Å²) in [4.78, 5) is 0. The van der Waals surface area contributed by atoms with Crippen LogP contribution in [-0.4, -0.2) is 4.57 Å². The van der Waals surface area contributed by atoms with E-state index in [1.54, 1.807) is 0 Å². The molecule has 0 aliphatic heterocycles. The SMILES string of the molecule is C#Cc1cccc(NCc2ccn(CCC)c2)c1. The van der Waals surface area contributed by atoms with E-state index in [1.165, 1.54) is 5.56 Å². The Kier molecular flexibility index (Phi) is 4.09. The maximum absolute atomic E-state index is 5.38. The van der Waals surface area contributed by atoms with Crippen LogP contribution < -0.4 is 5.32 Å². The van der Waals surface area contributed by atoms with Crippen LogP contribution in [0.2, 0.25) is 0 Å². The summed E-state index contributed by atoms with van der Waals surface area (Å²) in [5, 5.41) is 3.38. The third-order valence-electron chi connectivity index (χ3n) is 2.82. The average molecular weight is 238 g/mol. The Labute approximate surface area is 109 Å². The summed E-state index contributed by atoms with van der Waals surface area (Å²) in [7, 11) is 0. The summed E-state index contributed by atoms with van der Waals surface area (Å²) in [5.74, 6) is 2.64. The molecule has 0 amide bonds. The summed E-state index contributed by atoms with van der Waals surface area (Å²) < 4.78 is 2.22. The van der Waals surface area contributed by atoms with Crippen molar-refractivity contribution in [1.82, 2.24) is 4.57 Å². The Morgan fingerprint density at radius 3 is 3.00 bits per heavy atom. The highest BCUT2D eigenvalue weighted by molar-refractivity contribution is 5.50. The molecule has 1 aromatic carbocycles. The molecule has 0 saturated carbocycles. The zero-order valence-electron chi connectivity index (χ0n) is 10.7. The maximum atomic E-state index is 5.38. The Bertz CT molecular complexity index is 546. The molecule has 0 bridgehead atoms. The van der Waals surface area contributed by atoms with Crippen molar-refractivity contribution < 1.29 is 0 Å². The number of benzene rings is 1. The van der Waals surface area contributed by atoms with Crippen LogP contribution in [0.3, 0.4) is 0 Å². The van der Waals surface area contributed by atoms with Gasteiger partial charge in [0.2, 0.25) is 0 Å². The van der Waals surface area contributed by atoms with E-state index >= 15 is 0 Å². The number of nitrogens with one attached hydrogen (secondary N) is 1. The van der Waals surface area contributed by atoms with Crippen LogP contribution in [0.15, 0.2) is 42.7 Å². The van der Waals surface area contributed by atoms with Crippen LogP contribution in [0.4, 0.5) is 5.69 Å². The van der Waals surface area contributed by atoms with Crippen molar-refractivity contribution in [3.8, 4) is 12.3 Å². The average Bonchev–Trinajstić information content (AvgIpc) is 2.85. The molecule has 1 aromatic heterocycles. The van der Waals surface area contributed by atoms with E-state index in [0.29, 0.717) is 0 Å². The van der Waals surface area contributed by atoms with Crippen LogP contribution in [0.25, 0.3) is 0 Å². The van der Waals surface area contributed by atoms with Gasteiger partial charge < -0.3 is 9.88 Å². The first-order chi connectivity index (χ1) is 8.81. The fraction of sp³-hybridized carbons (Fsp3) is 0.250. The molecular formula is C16H18N2. The van der Waals surface area contributed by atoms with Crippen molar-refractivity contribution in [2.24, 2.45) is 0 Å². The standard InChI is InChI=1S/C16H18N2/c1-3-9-18-10-8-15(13-18)12-17-16-7-5-6-14(4-2)11-16/h2,5-8,10-11,13,17H,3,9,12H2,1H3. The van der Waals surface area contributed by atoms with Gasteiger partial charge in [-0.05, 0) is 36.2 Å². The summed E-state index contributed by atoms with van der Waals surface area (Å²) in [5.41, 5.74) is 3.26. The zero-order valence-corrected chi connectivity index (χ0v) is 10.7. The van der Waals surface area contributed by atoms with Gasteiger partial charge in [0.1, 0.15) is 0 Å². The Balaban J connectivity index is 1.96. The highest BCUT2D eigenvalue weighted by atomic mass is 14.9. The molecule has 0 fully saturated rings. The van der Waals surface area contributed by atoms with Crippen molar-refractivity contribution in [2.45, 2.75) is 26.4 Å². The Morgan fingerprint density at radius 2 is 2.22 bits per heavy atom. The molecule has 1 N–H and O–H groups in total. The van der Waals surface area contributed by atoms with Crippen molar-refractivity contribution in [2.75, 3.05) is 5.32 Å². The summed E-state index contributed by atoms with van der Waals surface area (Å²) in [6.07, 6.45) is 10.8. The molecule has 0 aliphatic carbocycles. The van der Waals surface area contributed by atoms with Gasteiger partial charge in [-0.25, -0.2) is 0 Å². The molecular weight excluding hydrogens is 220 g/mol. The molecule has 2 heteroatoms. The van der Waals surface area contributed by atoms with Gasteiger partial charge >= 0.3 is 0 Å². The predicted octanol–water partition coefficient (Wildman–Crippen LogP) is 3.49. The monoisotopic (exact) mass is 238 g/mol. The third-order valence-corrected chi connectivity index (χ3v) is 2.82. The Morgan fingerprint density at radius 1 is 1.33 bits per heavy atom. The molecule has 0 radical (unpaired) electrons. The Hall–Kier alpha value is -2.14. The van der Waals surface area contributed by atoms with Gasteiger partial charge in [-0.1, -0.05) is 18.9 Å². The number of nitrogens with zero attached hydrogens (tertiary/aromatic N) is 1. The lowest BCUT2D eigenvalue weighted by Gasteiger charge is -2.05. The first-order valence-corrected chi connectivity index (χ1v) is 6.27. The molecule has 0 aliphatic rings. The minimum atomic E-state index is 0.824. The van der Waals surface area contributed by atoms with Crippen LogP contribution in [0.5, 0.6) is 0 Å². The van der Waals surface area contributed by atoms with Crippen LogP contribution >= 0.6 is 0 Å². The van der Waals surface area contributed by atoms with E-state index in [4.69, 9.17) is 6.42 Å². The molecule has 1 heterocycles. The number of aryl methyl sites for hydroxylation is 1. The zero-order chi connectivity index (χ0) is 12.8. The fourth-order valence-corrected chi connectivity index (χ4v) is 1.92. The van der Waals surface area contributed by atoms with Gasteiger partial charge in [-0.3, -0.25) is 0 Å². The molecule has 0 spiro atoms. The van der Waals surface area contributed by atoms with Crippen molar-refractivity contribution in [3.05, 3.63) is 53.9 Å². The highest BCUT2D eigenvalue weighted by Crippen LogP contribution is 2.12. The van der Waals surface area contributed by atoms with E-state index in [-0.39, 0.29) is 0 Å². The van der Waals surface area contributed by atoms with E-state index in [9.17, 15) is 0 Å². The number of rotatable bonds is 5. The molecule has 2 aromatic rings. The summed E-state index contributed by atoms with van der Waals surface area (Å²) in [6.45, 7) is 4.08. The number of anilines is 1. The normalized spacial score (nSPS) is 10.0. The lowest BCUT2D eigenvalue weighted by molar-refractivity contribution is 0.682. The highest BCUT2D eigenvalue weighted by Gasteiger charge is 1.97. The minimum absolute atomic E-state index is 0.824. The van der Waals surface area contributed by atoms with Gasteiger partial charge in [0.25, 0.3) is 0 Å². The molecule has 92 valence electrons. The first-order valence-electron chi connectivity index (χ1n) is 6.27. The summed E-state index contributed by atoms with van der Waals surface area (Å²) >= 11 is 0. The quantitative estimate of drug-likeness (QED) is 0.789. The number of hydrogen-bond acceptors (Lipinski definition) is 1. The fourth-order valence-electron chi connectivity index (χ4n) is 1.92. The third kappa shape index (κ3) is 3.18. The largest absolute Gasteiger partial charge is 0.381 e. The van der Waals surface area contributed by atoms with Gasteiger partial charge in [0.15, 0.2) is 0 Å². The van der Waals surface area contributed by atoms with E-state index in [2.05, 4.69) is 41.2 Å². The molecule has 0 atom stereocenters. The lowest BCUT2D eigenvalue weighted by Crippen LogP contribution is -1.99. The van der Waals surface area contributed by atoms with E-state index < -0.39 is 0 Å². The number of hydrogen-bond donors (Lipinski definition) is 1. The number of aromatic nitrogens is 1. The second-order valence-electron chi connectivity index (χ2n) is 4.34. The van der Waals surface area contributed by atoms with Crippen LogP contribution in [0.1, 0.15) is 24.5 Å². The van der Waals surface area contributed by atoms with Crippen LogP contribution in [0, 0.1) is 12.3 Å². The van der Waals surface area contributed by atoms with Gasteiger partial charge in [-0.15, -0.1) is 6.42 Å². The predicted molar refractivity (Wildman–Crippen MR) is 76.4 cm³/mol. The van der Waals surface area contributed by atoms with Crippen LogP contribution in [-0.2, 0) is 13.1 Å². The van der Waals surface area contributed by atoms with Gasteiger partial charge in [0.05, 0.1) is 0 Å². The second-order valence-corrected chi connectivity index (χ2v) is 4.34. The smallest absolute Gasteiger partial charge is 0.0415 e. The second kappa shape index (κ2) is 5.97. The molecule has 0 unspecified atom stereocenters. The molecule has 2 nitrogen and oxygen atoms in total. The van der Waals surface area contributed by atoms with Gasteiger partial charge in [-0.2, -0.15) is 0 Å². The van der Waals surface area contributed by atoms with Crippen molar-refractivity contribution >= 4 is 5.69 Å². The van der Waals surface area contributed by atoms with Gasteiger partial charge in [0, 0.05) is 36.7 Å².